The lowest BCUT2D eigenvalue weighted by Gasteiger charge is -2.25. The number of halogens is 1. The van der Waals surface area contributed by atoms with Gasteiger partial charge in [0.05, 0.1) is 16.3 Å². The van der Waals surface area contributed by atoms with Gasteiger partial charge < -0.3 is 23.8 Å². The number of fused-ring (bicyclic) bond motifs is 1. The minimum Gasteiger partial charge on any atom is -0.488 e. The van der Waals surface area contributed by atoms with E-state index in [4.69, 9.17) is 30.5 Å². The molecule has 3 aromatic carbocycles. The molecule has 0 unspecified atom stereocenters. The van der Waals surface area contributed by atoms with Crippen molar-refractivity contribution in [3.63, 3.8) is 0 Å². The summed E-state index contributed by atoms with van der Waals surface area (Å²) in [6, 6.07) is 19.4. The number of nitriles is 1. The quantitative estimate of drug-likeness (QED) is 0.119. The summed E-state index contributed by atoms with van der Waals surface area (Å²) in [5, 5.41) is 9.75. The highest BCUT2D eigenvalue weighted by atomic mass is 35.5. The first-order chi connectivity index (χ1) is 24.5. The van der Waals surface area contributed by atoms with Crippen LogP contribution in [0.4, 0.5) is 0 Å². The number of pyridine rings is 1. The second-order valence-corrected chi connectivity index (χ2v) is 14.7. The van der Waals surface area contributed by atoms with Gasteiger partial charge in [-0.1, -0.05) is 35.9 Å². The Labute approximate surface area is 305 Å². The molecule has 0 fully saturated rings. The number of hydrogen-bond acceptors (Lipinski definition) is 10. The molecular weight excluding hydrogens is 692 g/mol. The second-order valence-electron chi connectivity index (χ2n) is 12.7. The standard InChI is InChI=1S/C38H43ClN4O7S/c1-27-31(7-4-8-33(27)30-9-10-35-38(19-30)48-15-14-47-35)26-50-37-20-36(49-25-29-17-28(21-40)22-41-23-29)32(18-34(37)39)24-43(12-5-11-42(2)3)13-6-16-51(44,45)46/h4,7-10,17-20,22-23H,5-6,11-16,24-26H2,1-3H3,(H,44,45,46). The van der Waals surface area contributed by atoms with E-state index in [9.17, 15) is 18.2 Å². The van der Waals surface area contributed by atoms with Crippen LogP contribution in [0, 0.1) is 18.3 Å². The molecule has 0 aliphatic carbocycles. The number of rotatable bonds is 17. The smallest absolute Gasteiger partial charge is 0.264 e. The van der Waals surface area contributed by atoms with Crippen LogP contribution in [-0.2, 0) is 29.9 Å². The highest BCUT2D eigenvalue weighted by Crippen LogP contribution is 2.38. The normalized spacial score (nSPS) is 12.6. The van der Waals surface area contributed by atoms with Crippen LogP contribution in [0.3, 0.4) is 0 Å². The van der Waals surface area contributed by atoms with Crippen molar-refractivity contribution in [3.05, 3.63) is 99.8 Å². The molecule has 51 heavy (non-hydrogen) atoms. The van der Waals surface area contributed by atoms with Gasteiger partial charge in [-0.05, 0) is 100 Å². The minimum absolute atomic E-state index is 0.149. The van der Waals surface area contributed by atoms with Crippen LogP contribution in [0.2, 0.25) is 5.02 Å². The fraction of sp³-hybridized carbons (Fsp3) is 0.368. The lowest BCUT2D eigenvalue weighted by molar-refractivity contribution is 0.171. The van der Waals surface area contributed by atoms with E-state index >= 15 is 0 Å². The van der Waals surface area contributed by atoms with Gasteiger partial charge in [-0.15, -0.1) is 0 Å². The second kappa shape index (κ2) is 17.7. The van der Waals surface area contributed by atoms with E-state index in [1.54, 1.807) is 18.3 Å². The highest BCUT2D eigenvalue weighted by Gasteiger charge is 2.18. The summed E-state index contributed by atoms with van der Waals surface area (Å²) in [6.45, 7) is 5.90. The third-order valence-electron chi connectivity index (χ3n) is 8.47. The van der Waals surface area contributed by atoms with Crippen LogP contribution >= 0.6 is 11.6 Å². The van der Waals surface area contributed by atoms with E-state index in [0.29, 0.717) is 54.9 Å². The summed E-state index contributed by atoms with van der Waals surface area (Å²) < 4.78 is 56.4. The van der Waals surface area contributed by atoms with E-state index in [1.807, 2.05) is 50.5 Å². The number of aromatic nitrogens is 1. The lowest BCUT2D eigenvalue weighted by atomic mass is 9.96. The molecular formula is C38H43ClN4O7S. The maximum atomic E-state index is 11.4. The minimum atomic E-state index is -4.08. The first-order valence-electron chi connectivity index (χ1n) is 16.7. The Hall–Kier alpha value is -4.38. The summed E-state index contributed by atoms with van der Waals surface area (Å²) in [6.07, 6.45) is 4.25. The van der Waals surface area contributed by atoms with Gasteiger partial charge in [0.25, 0.3) is 10.1 Å². The Morgan fingerprint density at radius 2 is 1.69 bits per heavy atom. The Kier molecular flexibility index (Phi) is 13.1. The predicted octanol–water partition coefficient (Wildman–Crippen LogP) is 6.54. The van der Waals surface area contributed by atoms with Crippen LogP contribution in [0.5, 0.6) is 23.0 Å². The molecule has 270 valence electrons. The zero-order chi connectivity index (χ0) is 36.4. The van der Waals surface area contributed by atoms with Crippen molar-refractivity contribution >= 4 is 21.7 Å². The van der Waals surface area contributed by atoms with Gasteiger partial charge in [0.15, 0.2) is 11.5 Å². The summed E-state index contributed by atoms with van der Waals surface area (Å²) in [5.41, 5.74) is 6.03. The Morgan fingerprint density at radius 1 is 0.922 bits per heavy atom. The van der Waals surface area contributed by atoms with E-state index in [1.165, 1.54) is 6.20 Å². The van der Waals surface area contributed by atoms with Crippen molar-refractivity contribution in [2.75, 3.05) is 52.7 Å². The largest absolute Gasteiger partial charge is 0.488 e. The number of nitrogens with zero attached hydrogens (tertiary/aromatic N) is 4. The molecule has 1 aliphatic heterocycles. The molecule has 11 nitrogen and oxygen atoms in total. The molecule has 1 N–H and O–H groups in total. The zero-order valence-corrected chi connectivity index (χ0v) is 30.7. The highest BCUT2D eigenvalue weighted by molar-refractivity contribution is 7.85. The van der Waals surface area contributed by atoms with Gasteiger partial charge in [0.2, 0.25) is 0 Å². The van der Waals surface area contributed by atoms with Crippen LogP contribution in [0.1, 0.15) is 40.7 Å². The topological polar surface area (TPSA) is 134 Å². The van der Waals surface area contributed by atoms with E-state index in [0.717, 1.165) is 57.8 Å². The zero-order valence-electron chi connectivity index (χ0n) is 29.1. The van der Waals surface area contributed by atoms with Gasteiger partial charge in [0.1, 0.15) is 44.0 Å². The lowest BCUT2D eigenvalue weighted by Crippen LogP contribution is -2.29. The van der Waals surface area contributed by atoms with E-state index in [2.05, 4.69) is 33.8 Å². The average Bonchev–Trinajstić information content (AvgIpc) is 3.10. The fourth-order valence-corrected chi connectivity index (χ4v) is 6.58. The molecule has 0 bridgehead atoms. The SMILES string of the molecule is Cc1c(COc2cc(OCc3cncc(C#N)c3)c(CN(CCCN(C)C)CCCS(=O)(=O)O)cc2Cl)cccc1-c1ccc2c(c1)OCCO2. The molecule has 1 aromatic heterocycles. The molecule has 2 heterocycles. The van der Waals surface area contributed by atoms with Crippen LogP contribution < -0.4 is 18.9 Å². The van der Waals surface area contributed by atoms with Crippen molar-refractivity contribution in [2.45, 2.75) is 39.5 Å². The fourth-order valence-electron chi connectivity index (χ4n) is 5.84. The van der Waals surface area contributed by atoms with Crippen molar-refractivity contribution in [1.82, 2.24) is 14.8 Å². The van der Waals surface area contributed by atoms with Gasteiger partial charge in [0, 0.05) is 36.1 Å². The van der Waals surface area contributed by atoms with Crippen molar-refractivity contribution in [2.24, 2.45) is 0 Å². The molecule has 1 aliphatic rings. The van der Waals surface area contributed by atoms with Crippen molar-refractivity contribution in [1.29, 1.82) is 5.26 Å². The first-order valence-corrected chi connectivity index (χ1v) is 18.7. The number of ether oxygens (including phenoxy) is 4. The third kappa shape index (κ3) is 11.1. The summed E-state index contributed by atoms with van der Waals surface area (Å²) in [4.78, 5) is 8.36. The van der Waals surface area contributed by atoms with Crippen molar-refractivity contribution < 1.29 is 31.9 Å². The molecule has 0 spiro atoms. The summed E-state index contributed by atoms with van der Waals surface area (Å²) >= 11 is 6.86. The van der Waals surface area contributed by atoms with Crippen LogP contribution in [0.15, 0.2) is 67.0 Å². The number of hydrogen-bond donors (Lipinski definition) is 1. The van der Waals surface area contributed by atoms with Crippen molar-refractivity contribution in [3.8, 4) is 40.2 Å². The Morgan fingerprint density at radius 3 is 2.45 bits per heavy atom. The molecule has 0 amide bonds. The number of benzene rings is 3. The maximum absolute atomic E-state index is 11.4. The molecule has 4 aromatic rings. The van der Waals surface area contributed by atoms with E-state index in [-0.39, 0.29) is 25.4 Å². The van der Waals surface area contributed by atoms with Crippen LogP contribution in [0.25, 0.3) is 11.1 Å². The summed E-state index contributed by atoms with van der Waals surface area (Å²) in [7, 11) is -0.0848. The maximum Gasteiger partial charge on any atom is 0.264 e. The summed E-state index contributed by atoms with van der Waals surface area (Å²) in [5.74, 6) is 2.11. The van der Waals surface area contributed by atoms with Crippen LogP contribution in [-0.4, -0.2) is 80.5 Å². The average molecular weight is 735 g/mol. The monoisotopic (exact) mass is 734 g/mol. The Bertz CT molecular complexity index is 1970. The first kappa shape index (κ1) is 37.9. The predicted molar refractivity (Wildman–Crippen MR) is 196 cm³/mol. The van der Waals surface area contributed by atoms with Gasteiger partial charge >= 0.3 is 0 Å². The van der Waals surface area contributed by atoms with E-state index < -0.39 is 10.1 Å². The molecule has 5 rings (SSSR count). The van der Waals surface area contributed by atoms with Gasteiger partial charge in [-0.2, -0.15) is 13.7 Å². The molecule has 13 heteroatoms. The molecule has 0 atom stereocenters. The molecule has 0 radical (unpaired) electrons. The third-order valence-corrected chi connectivity index (χ3v) is 9.57. The van der Waals surface area contributed by atoms with Gasteiger partial charge in [-0.25, -0.2) is 0 Å². The molecule has 0 saturated heterocycles. The van der Waals surface area contributed by atoms with Gasteiger partial charge in [-0.3, -0.25) is 14.4 Å². The molecule has 0 saturated carbocycles. The Balaban J connectivity index is 1.39.